The molecule has 0 spiro atoms. The van der Waals surface area contributed by atoms with E-state index in [1.54, 1.807) is 11.0 Å². The van der Waals surface area contributed by atoms with E-state index in [1.165, 1.54) is 12.1 Å². The molecule has 0 saturated carbocycles. The summed E-state index contributed by atoms with van der Waals surface area (Å²) < 4.78 is 12.1. The molecule has 0 fully saturated rings. The van der Waals surface area contributed by atoms with E-state index in [1.807, 2.05) is 67.6 Å². The number of hydrogen-bond donors (Lipinski definition) is 0. The van der Waals surface area contributed by atoms with Crippen molar-refractivity contribution in [3.05, 3.63) is 106 Å². The number of hydrogen-bond acceptors (Lipinski definition) is 5. The molecule has 0 N–H and O–H groups in total. The van der Waals surface area contributed by atoms with E-state index in [0.29, 0.717) is 31.0 Å². The number of benzene rings is 3. The maximum atomic E-state index is 13.7. The van der Waals surface area contributed by atoms with Crippen molar-refractivity contribution in [2.24, 2.45) is 0 Å². The third-order valence-electron chi connectivity index (χ3n) is 5.89. The van der Waals surface area contributed by atoms with E-state index < -0.39 is 10.3 Å². The van der Waals surface area contributed by atoms with Gasteiger partial charge in [-0.2, -0.15) is 0 Å². The predicted molar refractivity (Wildman–Crippen MR) is 125 cm³/mol. The number of amides is 1. The number of fused-ring (bicyclic) bond motifs is 1. The van der Waals surface area contributed by atoms with Gasteiger partial charge < -0.3 is 14.4 Å². The Kier molecular flexibility index (Phi) is 6.82. The number of nitro groups is 1. The van der Waals surface area contributed by atoms with E-state index in [0.717, 1.165) is 11.1 Å². The quantitative estimate of drug-likeness (QED) is 0.335. The molecule has 0 unspecified atom stereocenters. The zero-order valence-electron chi connectivity index (χ0n) is 18.5. The molecule has 0 radical (unpaired) electrons. The summed E-state index contributed by atoms with van der Waals surface area (Å²) in [4.78, 5) is 26.4. The predicted octanol–water partition coefficient (Wildman–Crippen LogP) is 4.63. The molecule has 3 aromatic rings. The normalized spacial score (nSPS) is 14.3. The van der Waals surface area contributed by atoms with Gasteiger partial charge in [-0.1, -0.05) is 60.7 Å². The van der Waals surface area contributed by atoms with Crippen LogP contribution >= 0.6 is 0 Å². The van der Waals surface area contributed by atoms with Gasteiger partial charge in [-0.15, -0.1) is 0 Å². The van der Waals surface area contributed by atoms with Crippen LogP contribution in [0.2, 0.25) is 0 Å². The Morgan fingerprint density at radius 2 is 1.42 bits per heavy atom. The number of likely N-dealkylation sites (N-methyl/N-ethyl adjacent to an activating group) is 1. The standard InChI is InChI=1S/C26H26N2O5/c1-2-27-24-14-13-22(28(30)31)15-23(24)26(25(27)29,18-32-16-20-9-5-3-6-10-20)19-33-17-21-11-7-4-8-12-21/h3-15H,2,16-19H2,1H3. The van der Waals surface area contributed by atoms with Crippen LogP contribution in [0, 0.1) is 10.1 Å². The van der Waals surface area contributed by atoms with Gasteiger partial charge in [0.2, 0.25) is 5.91 Å². The zero-order chi connectivity index (χ0) is 23.3. The lowest BCUT2D eigenvalue weighted by Crippen LogP contribution is -2.47. The summed E-state index contributed by atoms with van der Waals surface area (Å²) in [6, 6.07) is 23.9. The third-order valence-corrected chi connectivity index (χ3v) is 5.89. The van der Waals surface area contributed by atoms with Gasteiger partial charge >= 0.3 is 0 Å². The first-order chi connectivity index (χ1) is 16.0. The fraction of sp³-hybridized carbons (Fsp3) is 0.269. The average Bonchev–Trinajstić information content (AvgIpc) is 3.07. The van der Waals surface area contributed by atoms with E-state index in [2.05, 4.69) is 0 Å². The van der Waals surface area contributed by atoms with Crippen molar-refractivity contribution in [2.75, 3.05) is 24.7 Å². The van der Waals surface area contributed by atoms with Gasteiger partial charge in [0.15, 0.2) is 0 Å². The summed E-state index contributed by atoms with van der Waals surface area (Å²) in [5.41, 5.74) is 1.98. The molecular formula is C26H26N2O5. The van der Waals surface area contributed by atoms with Gasteiger partial charge in [0.05, 0.1) is 31.4 Å². The number of nitrogens with zero attached hydrogens (tertiary/aromatic N) is 2. The maximum absolute atomic E-state index is 13.7. The summed E-state index contributed by atoms with van der Waals surface area (Å²) in [7, 11) is 0. The lowest BCUT2D eigenvalue weighted by atomic mass is 9.82. The second kappa shape index (κ2) is 9.94. The molecule has 1 aliphatic rings. The monoisotopic (exact) mass is 446 g/mol. The van der Waals surface area contributed by atoms with E-state index in [4.69, 9.17) is 9.47 Å². The SMILES string of the molecule is CCN1C(=O)C(COCc2ccccc2)(COCc2ccccc2)c2cc([N+](=O)[O-])ccc21. The Hall–Kier alpha value is -3.55. The number of carbonyl (C=O) groups excluding carboxylic acids is 1. The number of anilines is 1. The first kappa shape index (κ1) is 22.6. The number of rotatable bonds is 10. The number of ether oxygens (including phenoxy) is 2. The second-order valence-corrected chi connectivity index (χ2v) is 8.05. The molecule has 0 saturated heterocycles. The summed E-state index contributed by atoms with van der Waals surface area (Å²) >= 11 is 0. The van der Waals surface area contributed by atoms with Gasteiger partial charge in [-0.25, -0.2) is 0 Å². The van der Waals surface area contributed by atoms with Gasteiger partial charge in [0.1, 0.15) is 5.41 Å². The maximum Gasteiger partial charge on any atom is 0.269 e. The molecule has 3 aromatic carbocycles. The number of carbonyl (C=O) groups is 1. The minimum atomic E-state index is -1.17. The number of nitro benzene ring substituents is 1. The molecule has 7 heteroatoms. The second-order valence-electron chi connectivity index (χ2n) is 8.05. The van der Waals surface area contributed by atoms with Crippen LogP contribution in [0.25, 0.3) is 0 Å². The van der Waals surface area contributed by atoms with Crippen LogP contribution in [0.1, 0.15) is 23.6 Å². The van der Waals surface area contributed by atoms with Crippen LogP contribution in [-0.2, 0) is 32.9 Å². The van der Waals surface area contributed by atoms with E-state index >= 15 is 0 Å². The largest absolute Gasteiger partial charge is 0.375 e. The Labute approximate surface area is 192 Å². The highest BCUT2D eigenvalue weighted by Gasteiger charge is 2.52. The van der Waals surface area contributed by atoms with Crippen molar-refractivity contribution in [3.8, 4) is 0 Å². The summed E-state index contributed by atoms with van der Waals surface area (Å²) in [5.74, 6) is -0.165. The molecule has 33 heavy (non-hydrogen) atoms. The molecule has 0 aromatic heterocycles. The third kappa shape index (κ3) is 4.65. The summed E-state index contributed by atoms with van der Waals surface area (Å²) in [6.45, 7) is 3.09. The Morgan fingerprint density at radius 3 is 1.91 bits per heavy atom. The Morgan fingerprint density at radius 1 is 0.879 bits per heavy atom. The Bertz CT molecular complexity index is 1070. The molecule has 0 bridgehead atoms. The summed E-state index contributed by atoms with van der Waals surface area (Å²) in [6.07, 6.45) is 0. The fourth-order valence-corrected chi connectivity index (χ4v) is 4.21. The van der Waals surface area contributed by atoms with Crippen LogP contribution < -0.4 is 4.90 Å². The van der Waals surface area contributed by atoms with Crippen molar-refractivity contribution in [1.82, 2.24) is 0 Å². The van der Waals surface area contributed by atoms with Gasteiger partial charge in [0.25, 0.3) is 5.69 Å². The molecule has 1 amide bonds. The molecule has 0 aliphatic carbocycles. The topological polar surface area (TPSA) is 81.9 Å². The molecule has 7 nitrogen and oxygen atoms in total. The Balaban J connectivity index is 1.65. The highest BCUT2D eigenvalue weighted by molar-refractivity contribution is 6.08. The van der Waals surface area contributed by atoms with Crippen molar-refractivity contribution in [2.45, 2.75) is 25.6 Å². The fourth-order valence-electron chi connectivity index (χ4n) is 4.21. The van der Waals surface area contributed by atoms with Gasteiger partial charge in [-0.05, 0) is 24.1 Å². The lowest BCUT2D eigenvalue weighted by Gasteiger charge is -2.28. The van der Waals surface area contributed by atoms with Crippen molar-refractivity contribution < 1.29 is 19.2 Å². The van der Waals surface area contributed by atoms with E-state index in [-0.39, 0.29) is 24.8 Å². The molecule has 0 atom stereocenters. The van der Waals surface area contributed by atoms with Crippen LogP contribution in [0.4, 0.5) is 11.4 Å². The molecule has 1 aliphatic heterocycles. The smallest absolute Gasteiger partial charge is 0.269 e. The molecule has 170 valence electrons. The highest BCUT2D eigenvalue weighted by Crippen LogP contribution is 2.44. The zero-order valence-corrected chi connectivity index (χ0v) is 18.5. The van der Waals surface area contributed by atoms with Gasteiger partial charge in [0, 0.05) is 29.9 Å². The highest BCUT2D eigenvalue weighted by atomic mass is 16.6. The van der Waals surface area contributed by atoms with Crippen LogP contribution in [0.15, 0.2) is 78.9 Å². The molecule has 1 heterocycles. The van der Waals surface area contributed by atoms with Crippen LogP contribution in [0.5, 0.6) is 0 Å². The first-order valence-corrected chi connectivity index (χ1v) is 10.9. The minimum Gasteiger partial charge on any atom is -0.375 e. The van der Waals surface area contributed by atoms with Gasteiger partial charge in [-0.3, -0.25) is 14.9 Å². The van der Waals surface area contributed by atoms with E-state index in [9.17, 15) is 14.9 Å². The molecule has 4 rings (SSSR count). The lowest BCUT2D eigenvalue weighted by molar-refractivity contribution is -0.384. The number of non-ortho nitro benzene ring substituents is 1. The summed E-state index contributed by atoms with van der Waals surface area (Å²) in [5, 5.41) is 11.5. The minimum absolute atomic E-state index is 0.0557. The molecular weight excluding hydrogens is 420 g/mol. The average molecular weight is 447 g/mol. The van der Waals surface area contributed by atoms with Crippen LogP contribution in [0.3, 0.4) is 0 Å². The van der Waals surface area contributed by atoms with Crippen molar-refractivity contribution in [1.29, 1.82) is 0 Å². The van der Waals surface area contributed by atoms with Crippen LogP contribution in [-0.4, -0.2) is 30.6 Å². The van der Waals surface area contributed by atoms with Crippen molar-refractivity contribution >= 4 is 17.3 Å². The first-order valence-electron chi connectivity index (χ1n) is 10.9. The van der Waals surface area contributed by atoms with Crippen molar-refractivity contribution in [3.63, 3.8) is 0 Å².